The number of nitrogens with one attached hydrogen (secondary N) is 2. The zero-order valence-electron chi connectivity index (χ0n) is 44.8. The van der Waals surface area contributed by atoms with E-state index in [0.29, 0.717) is 67.7 Å². The summed E-state index contributed by atoms with van der Waals surface area (Å²) in [6.45, 7) is 9.38. The van der Waals surface area contributed by atoms with Crippen LogP contribution in [0.5, 0.6) is 17.2 Å². The highest BCUT2D eigenvalue weighted by molar-refractivity contribution is 8.33. The molecule has 2 N–H and O–H groups in total. The van der Waals surface area contributed by atoms with Crippen molar-refractivity contribution in [2.24, 2.45) is 0 Å². The van der Waals surface area contributed by atoms with Crippen LogP contribution < -0.4 is 24.8 Å². The Labute approximate surface area is 455 Å². The van der Waals surface area contributed by atoms with Gasteiger partial charge in [-0.2, -0.15) is 0 Å². The second-order valence-corrected chi connectivity index (χ2v) is 23.7. The van der Waals surface area contributed by atoms with Crippen LogP contribution in [0.4, 0.5) is 0 Å². The third-order valence-electron chi connectivity index (χ3n) is 13.0. The third-order valence-corrected chi connectivity index (χ3v) is 17.9. The van der Waals surface area contributed by atoms with Crippen LogP contribution in [0.2, 0.25) is 0 Å². The zero-order chi connectivity index (χ0) is 50.9. The topological polar surface area (TPSA) is 85.9 Å². The first-order valence-electron chi connectivity index (χ1n) is 28.5. The summed E-state index contributed by atoms with van der Waals surface area (Å²) in [6.07, 6.45) is 38.3. The summed E-state index contributed by atoms with van der Waals surface area (Å²) in [6, 6.07) is 11.1. The number of allylic oxidation sites excluding steroid dienone is 1. The van der Waals surface area contributed by atoms with E-state index in [1.165, 1.54) is 163 Å². The minimum Gasteiger partial charge on any atom is -0.490 e. The van der Waals surface area contributed by atoms with Crippen molar-refractivity contribution in [2.75, 3.05) is 32.9 Å². The first kappa shape index (κ1) is 61.5. The Morgan fingerprint density at radius 2 is 0.847 bits per heavy atom. The Morgan fingerprint density at radius 3 is 1.29 bits per heavy atom. The molecule has 2 aromatic rings. The predicted octanol–water partition coefficient (Wildman–Crippen LogP) is 18.9. The molecule has 2 aliphatic heterocycles. The van der Waals surface area contributed by atoms with Crippen molar-refractivity contribution in [1.29, 1.82) is 0 Å². The van der Waals surface area contributed by atoms with Crippen LogP contribution in [0, 0.1) is 11.8 Å². The molecular weight excluding hydrogens is 969 g/mol. The smallest absolute Gasteiger partial charge is 0.251 e. The fourth-order valence-corrected chi connectivity index (χ4v) is 12.9. The average molecular weight is 1060 g/mol. The number of unbranched alkanes of at least 4 members (excludes halogenated alkanes) is 27. The summed E-state index contributed by atoms with van der Waals surface area (Å²) in [5.74, 6) is 7.96. The van der Waals surface area contributed by atoms with E-state index in [1.54, 1.807) is 47.0 Å². The van der Waals surface area contributed by atoms with Crippen molar-refractivity contribution in [3.05, 3.63) is 82.7 Å². The van der Waals surface area contributed by atoms with E-state index in [1.807, 2.05) is 36.4 Å². The molecule has 0 saturated carbocycles. The maximum Gasteiger partial charge on any atom is 0.251 e. The van der Waals surface area contributed by atoms with Gasteiger partial charge >= 0.3 is 0 Å². The van der Waals surface area contributed by atoms with Gasteiger partial charge in [0.25, 0.3) is 11.8 Å². The molecule has 400 valence electrons. The Hall–Kier alpha value is -3.04. The SMILES string of the molecule is CCCCCCCCCCCCOc1cc(C(=O)NCCCNC(=O)c2ccc(C#CC3=CSC(=C4SC=CS4)S3)cc2)cc(OCCCCCCCCCCCC)c1OCCCCCCCCCCCC. The van der Waals surface area contributed by atoms with Crippen LogP contribution in [0.1, 0.15) is 246 Å². The molecule has 2 heterocycles. The molecular formula is C61H92N2O5S4. The molecule has 0 saturated heterocycles. The number of carbonyl (C=O) groups is 2. The maximum atomic E-state index is 13.8. The fraction of sp³-hybridized carbons (Fsp3) is 0.639. The van der Waals surface area contributed by atoms with Crippen molar-refractivity contribution in [3.8, 4) is 29.1 Å². The van der Waals surface area contributed by atoms with Gasteiger partial charge in [0, 0.05) is 29.8 Å². The fourth-order valence-electron chi connectivity index (χ4n) is 8.61. The molecule has 2 amide bonds. The van der Waals surface area contributed by atoms with Crippen molar-refractivity contribution < 1.29 is 23.8 Å². The molecule has 7 nitrogen and oxygen atoms in total. The van der Waals surface area contributed by atoms with E-state index in [0.717, 1.165) is 49.0 Å². The highest BCUT2D eigenvalue weighted by Gasteiger charge is 2.20. The van der Waals surface area contributed by atoms with Crippen molar-refractivity contribution in [2.45, 2.75) is 220 Å². The lowest BCUT2D eigenvalue weighted by Crippen LogP contribution is -2.30. The van der Waals surface area contributed by atoms with E-state index < -0.39 is 0 Å². The number of hydrogen-bond donors (Lipinski definition) is 2. The molecule has 0 aliphatic carbocycles. The molecule has 0 unspecified atom stereocenters. The first-order chi connectivity index (χ1) is 35.5. The molecule has 4 rings (SSSR count). The second kappa shape index (κ2) is 41.2. The number of thioether (sulfide) groups is 4. The lowest BCUT2D eigenvalue weighted by molar-refractivity contribution is 0.0950. The van der Waals surface area contributed by atoms with Gasteiger partial charge in [0.1, 0.15) is 0 Å². The average Bonchev–Trinajstić information content (AvgIpc) is 4.12. The quantitative estimate of drug-likeness (QED) is 0.0499. The van der Waals surface area contributed by atoms with Crippen LogP contribution in [0.3, 0.4) is 0 Å². The zero-order valence-corrected chi connectivity index (χ0v) is 48.1. The molecule has 0 bridgehead atoms. The number of amides is 2. The normalized spacial score (nSPS) is 13.0. The van der Waals surface area contributed by atoms with Gasteiger partial charge in [-0.05, 0) is 78.3 Å². The van der Waals surface area contributed by atoms with Gasteiger partial charge in [0.05, 0.1) is 33.2 Å². The second-order valence-electron chi connectivity index (χ2n) is 19.4. The molecule has 2 aromatic carbocycles. The lowest BCUT2D eigenvalue weighted by Gasteiger charge is -2.19. The lowest BCUT2D eigenvalue weighted by atomic mass is 10.1. The van der Waals surface area contributed by atoms with Crippen LogP contribution in [-0.2, 0) is 0 Å². The molecule has 0 radical (unpaired) electrons. The van der Waals surface area contributed by atoms with Gasteiger partial charge in [-0.1, -0.05) is 253 Å². The van der Waals surface area contributed by atoms with Gasteiger partial charge in [0.15, 0.2) is 11.5 Å². The number of carbonyl (C=O) groups excluding carboxylic acids is 2. The largest absolute Gasteiger partial charge is 0.490 e. The van der Waals surface area contributed by atoms with E-state index in [2.05, 4.69) is 59.5 Å². The van der Waals surface area contributed by atoms with Crippen molar-refractivity contribution in [3.63, 3.8) is 0 Å². The minimum atomic E-state index is -0.196. The summed E-state index contributed by atoms with van der Waals surface area (Å²) >= 11 is 6.96. The van der Waals surface area contributed by atoms with E-state index in [9.17, 15) is 9.59 Å². The summed E-state index contributed by atoms with van der Waals surface area (Å²) in [4.78, 5) is 27.9. The van der Waals surface area contributed by atoms with Crippen LogP contribution in [-0.4, -0.2) is 44.7 Å². The van der Waals surface area contributed by atoms with E-state index >= 15 is 0 Å². The molecule has 0 atom stereocenters. The number of hydrogen-bond acceptors (Lipinski definition) is 9. The van der Waals surface area contributed by atoms with Crippen LogP contribution in [0.25, 0.3) is 0 Å². The Bertz CT molecular complexity index is 1900. The Kier molecular flexibility index (Phi) is 35.2. The van der Waals surface area contributed by atoms with Crippen LogP contribution in [0.15, 0.2) is 66.0 Å². The van der Waals surface area contributed by atoms with E-state index in [-0.39, 0.29) is 11.8 Å². The maximum absolute atomic E-state index is 13.8. The summed E-state index contributed by atoms with van der Waals surface area (Å²) < 4.78 is 22.2. The van der Waals surface area contributed by atoms with Gasteiger partial charge < -0.3 is 24.8 Å². The Balaban J connectivity index is 1.31. The molecule has 72 heavy (non-hydrogen) atoms. The van der Waals surface area contributed by atoms with Crippen molar-refractivity contribution >= 4 is 58.9 Å². The minimum absolute atomic E-state index is 0.149. The number of ether oxygens (including phenoxy) is 3. The number of rotatable bonds is 42. The van der Waals surface area contributed by atoms with Gasteiger partial charge in [-0.25, -0.2) is 0 Å². The molecule has 0 fully saturated rings. The summed E-state index contributed by atoms with van der Waals surface area (Å²) in [7, 11) is 0. The molecule has 2 aliphatic rings. The predicted molar refractivity (Wildman–Crippen MR) is 316 cm³/mol. The Morgan fingerprint density at radius 1 is 0.444 bits per heavy atom. The van der Waals surface area contributed by atoms with E-state index in [4.69, 9.17) is 14.2 Å². The molecule has 0 aromatic heterocycles. The van der Waals surface area contributed by atoms with Gasteiger partial charge in [-0.15, -0.1) is 0 Å². The highest BCUT2D eigenvalue weighted by Crippen LogP contribution is 2.53. The molecule has 0 spiro atoms. The third kappa shape index (κ3) is 27.5. The standard InChI is InChI=1S/C61H92N2O5S4/c1-4-7-10-13-16-19-22-25-28-31-43-66-55-48-53(49-56(67-44-32-29-26-23-20-17-14-11-8-5-2)57(55)68-45-33-30-27-24-21-18-15-12-9-6-3)59(65)63-42-34-41-62-58(64)52-38-35-51(36-39-52)37-40-54-50-71-61(72-54)60-69-46-47-70-60/h35-36,38-39,46-50H,4-34,41-45H2,1-3H3,(H,62,64)(H,63,65). The summed E-state index contributed by atoms with van der Waals surface area (Å²) in [5, 5.41) is 12.4. The van der Waals surface area contributed by atoms with Crippen molar-refractivity contribution in [1.82, 2.24) is 10.6 Å². The number of benzene rings is 2. The van der Waals surface area contributed by atoms with Gasteiger partial charge in [0.2, 0.25) is 5.75 Å². The van der Waals surface area contributed by atoms with Gasteiger partial charge in [-0.3, -0.25) is 9.59 Å². The monoisotopic (exact) mass is 1060 g/mol. The van der Waals surface area contributed by atoms with Crippen LogP contribution >= 0.6 is 47.0 Å². The summed E-state index contributed by atoms with van der Waals surface area (Å²) in [5.41, 5.74) is 1.94. The first-order valence-corrected chi connectivity index (χ1v) is 32.0. The highest BCUT2D eigenvalue weighted by atomic mass is 32.2. The molecule has 11 heteroatoms.